The summed E-state index contributed by atoms with van der Waals surface area (Å²) >= 11 is 3.54. The fourth-order valence-corrected chi connectivity index (χ4v) is 2.28. The zero-order chi connectivity index (χ0) is 12.5. The van der Waals surface area contributed by atoms with Gasteiger partial charge in [0.15, 0.2) is 5.65 Å². The van der Waals surface area contributed by atoms with Gasteiger partial charge in [-0.1, -0.05) is 34.1 Å². The van der Waals surface area contributed by atoms with E-state index in [0.29, 0.717) is 5.95 Å². The van der Waals surface area contributed by atoms with Crippen LogP contribution in [0, 0.1) is 0 Å². The van der Waals surface area contributed by atoms with Crippen molar-refractivity contribution in [1.29, 1.82) is 0 Å². The summed E-state index contributed by atoms with van der Waals surface area (Å²) in [5.74, 6) is 0.567. The van der Waals surface area contributed by atoms with E-state index in [2.05, 4.69) is 41.4 Å². The van der Waals surface area contributed by atoms with Crippen molar-refractivity contribution in [3.63, 3.8) is 0 Å². The van der Waals surface area contributed by atoms with Crippen LogP contribution in [-0.4, -0.2) is 27.2 Å². The van der Waals surface area contributed by atoms with Gasteiger partial charge >= 0.3 is 0 Å². The first kappa shape index (κ1) is 11.2. The Balaban J connectivity index is 2.34. The lowest BCUT2D eigenvalue weighted by Crippen LogP contribution is -1.98. The number of H-pyrrole nitrogens is 1. The number of halogens is 1. The molecule has 0 radical (unpaired) electrons. The van der Waals surface area contributed by atoms with Gasteiger partial charge in [-0.25, -0.2) is 4.98 Å². The van der Waals surface area contributed by atoms with Gasteiger partial charge in [-0.3, -0.25) is 5.10 Å². The van der Waals surface area contributed by atoms with Crippen LogP contribution in [-0.2, 0) is 0 Å². The molecule has 0 unspecified atom stereocenters. The molecule has 0 saturated carbocycles. The topological polar surface area (TPSA) is 66.5 Å². The first-order valence-corrected chi connectivity index (χ1v) is 6.22. The fraction of sp³-hybridized carbons (Fsp3) is 0.0833. The maximum absolute atomic E-state index is 4.51. The number of aromatic amines is 1. The van der Waals surface area contributed by atoms with Crippen LogP contribution in [0.25, 0.3) is 22.3 Å². The van der Waals surface area contributed by atoms with Gasteiger partial charge in [0.05, 0.1) is 17.3 Å². The predicted molar refractivity (Wildman–Crippen MR) is 74.4 cm³/mol. The molecule has 1 aromatic carbocycles. The summed E-state index contributed by atoms with van der Waals surface area (Å²) in [6.07, 6.45) is 1.74. The van der Waals surface area contributed by atoms with E-state index >= 15 is 0 Å². The molecule has 5 nitrogen and oxygen atoms in total. The van der Waals surface area contributed by atoms with Crippen LogP contribution in [0.4, 0.5) is 5.95 Å². The monoisotopic (exact) mass is 303 g/mol. The molecule has 0 bridgehead atoms. The predicted octanol–water partition coefficient (Wildman–Crippen LogP) is 2.82. The molecule has 0 spiro atoms. The number of nitrogens with one attached hydrogen (secondary N) is 2. The van der Waals surface area contributed by atoms with Gasteiger partial charge < -0.3 is 5.32 Å². The van der Waals surface area contributed by atoms with Crippen molar-refractivity contribution < 1.29 is 0 Å². The molecule has 2 N–H and O–H groups in total. The molecule has 0 amide bonds. The van der Waals surface area contributed by atoms with Crippen molar-refractivity contribution in [3.8, 4) is 11.3 Å². The molecule has 2 heterocycles. The Morgan fingerprint density at radius 3 is 2.83 bits per heavy atom. The van der Waals surface area contributed by atoms with Crippen LogP contribution in [0.1, 0.15) is 0 Å². The highest BCUT2D eigenvalue weighted by Gasteiger charge is 2.12. The lowest BCUT2D eigenvalue weighted by atomic mass is 10.1. The maximum atomic E-state index is 4.51. The Bertz CT molecular complexity index is 707. The van der Waals surface area contributed by atoms with Crippen molar-refractivity contribution in [1.82, 2.24) is 20.2 Å². The van der Waals surface area contributed by atoms with Gasteiger partial charge in [0.1, 0.15) is 0 Å². The number of hydrogen-bond acceptors (Lipinski definition) is 4. The number of benzene rings is 1. The van der Waals surface area contributed by atoms with Crippen LogP contribution >= 0.6 is 15.9 Å². The highest BCUT2D eigenvalue weighted by atomic mass is 79.9. The third-order valence-corrected chi connectivity index (χ3v) is 3.35. The number of rotatable bonds is 2. The van der Waals surface area contributed by atoms with Crippen molar-refractivity contribution in [2.75, 3.05) is 12.4 Å². The largest absolute Gasteiger partial charge is 0.357 e. The lowest BCUT2D eigenvalue weighted by Gasteiger charge is -2.06. The number of fused-ring (bicyclic) bond motifs is 1. The van der Waals surface area contributed by atoms with Crippen LogP contribution in [0.3, 0.4) is 0 Å². The highest BCUT2D eigenvalue weighted by Crippen LogP contribution is 2.31. The second-order valence-electron chi connectivity index (χ2n) is 3.76. The SMILES string of the molecule is CNc1nc(-c2ccccc2Br)c2cn[nH]c2n1. The zero-order valence-corrected chi connectivity index (χ0v) is 11.2. The Kier molecular flexibility index (Phi) is 2.71. The van der Waals surface area contributed by atoms with Crippen molar-refractivity contribution in [3.05, 3.63) is 34.9 Å². The van der Waals surface area contributed by atoms with Gasteiger partial charge in [0, 0.05) is 17.1 Å². The minimum absolute atomic E-state index is 0.567. The van der Waals surface area contributed by atoms with Gasteiger partial charge in [-0.05, 0) is 6.07 Å². The average molecular weight is 304 g/mol. The van der Waals surface area contributed by atoms with Crippen LogP contribution < -0.4 is 5.32 Å². The summed E-state index contributed by atoms with van der Waals surface area (Å²) in [6.45, 7) is 0. The summed E-state index contributed by atoms with van der Waals surface area (Å²) in [5.41, 5.74) is 2.59. The van der Waals surface area contributed by atoms with E-state index in [4.69, 9.17) is 0 Å². The molecule has 0 aliphatic heterocycles. The molecule has 0 aliphatic rings. The van der Waals surface area contributed by atoms with Crippen molar-refractivity contribution in [2.24, 2.45) is 0 Å². The van der Waals surface area contributed by atoms with Crippen molar-refractivity contribution >= 4 is 32.9 Å². The molecule has 0 saturated heterocycles. The third-order valence-electron chi connectivity index (χ3n) is 2.66. The van der Waals surface area contributed by atoms with E-state index in [1.807, 2.05) is 24.3 Å². The molecule has 3 aromatic rings. The van der Waals surface area contributed by atoms with Gasteiger partial charge in [0.2, 0.25) is 5.95 Å². The smallest absolute Gasteiger partial charge is 0.225 e. The van der Waals surface area contributed by atoms with Crippen LogP contribution in [0.5, 0.6) is 0 Å². The van der Waals surface area contributed by atoms with Crippen molar-refractivity contribution in [2.45, 2.75) is 0 Å². The standard InChI is InChI=1S/C12H10BrN5/c1-14-12-16-10(7-4-2-3-5-9(7)13)8-6-15-18-11(8)17-12/h2-6H,1H3,(H2,14,15,16,17,18). The van der Waals surface area contributed by atoms with E-state index < -0.39 is 0 Å². The van der Waals surface area contributed by atoms with E-state index in [-0.39, 0.29) is 0 Å². The van der Waals surface area contributed by atoms with E-state index in [1.54, 1.807) is 13.2 Å². The lowest BCUT2D eigenvalue weighted by molar-refractivity contribution is 1.09. The van der Waals surface area contributed by atoms with Crippen LogP contribution in [0.2, 0.25) is 0 Å². The van der Waals surface area contributed by atoms with Gasteiger partial charge in [-0.15, -0.1) is 0 Å². The molecule has 0 fully saturated rings. The first-order chi connectivity index (χ1) is 8.79. The Hall–Kier alpha value is -1.95. The molecule has 0 aliphatic carbocycles. The number of anilines is 1. The molecular formula is C12H10BrN5. The molecular weight excluding hydrogens is 294 g/mol. The Morgan fingerprint density at radius 2 is 2.06 bits per heavy atom. The Morgan fingerprint density at radius 1 is 1.22 bits per heavy atom. The summed E-state index contributed by atoms with van der Waals surface area (Å²) in [7, 11) is 1.79. The minimum atomic E-state index is 0.567. The molecule has 90 valence electrons. The average Bonchev–Trinajstić information content (AvgIpc) is 2.86. The molecule has 2 aromatic heterocycles. The fourth-order valence-electron chi connectivity index (χ4n) is 1.81. The van der Waals surface area contributed by atoms with E-state index in [0.717, 1.165) is 26.8 Å². The number of hydrogen-bond donors (Lipinski definition) is 2. The minimum Gasteiger partial charge on any atom is -0.357 e. The van der Waals surface area contributed by atoms with Crippen LogP contribution in [0.15, 0.2) is 34.9 Å². The summed E-state index contributed by atoms with van der Waals surface area (Å²) < 4.78 is 0.994. The molecule has 0 atom stereocenters. The maximum Gasteiger partial charge on any atom is 0.225 e. The zero-order valence-electron chi connectivity index (χ0n) is 9.61. The van der Waals surface area contributed by atoms with Gasteiger partial charge in [0.25, 0.3) is 0 Å². The summed E-state index contributed by atoms with van der Waals surface area (Å²) in [6, 6.07) is 7.95. The molecule has 6 heteroatoms. The quantitative estimate of drug-likeness (QED) is 0.764. The normalized spacial score (nSPS) is 10.8. The second-order valence-corrected chi connectivity index (χ2v) is 4.61. The number of aromatic nitrogens is 4. The highest BCUT2D eigenvalue weighted by molar-refractivity contribution is 9.10. The van der Waals surface area contributed by atoms with E-state index in [1.165, 1.54) is 0 Å². The molecule has 18 heavy (non-hydrogen) atoms. The second kappa shape index (κ2) is 4.38. The summed E-state index contributed by atoms with van der Waals surface area (Å²) in [5, 5.41) is 10.7. The summed E-state index contributed by atoms with van der Waals surface area (Å²) in [4.78, 5) is 8.82. The first-order valence-electron chi connectivity index (χ1n) is 5.43. The van der Waals surface area contributed by atoms with E-state index in [9.17, 15) is 0 Å². The third kappa shape index (κ3) is 1.74. The van der Waals surface area contributed by atoms with Gasteiger partial charge in [-0.2, -0.15) is 10.1 Å². The number of nitrogens with zero attached hydrogens (tertiary/aromatic N) is 3. The molecule has 3 rings (SSSR count). The Labute approximate surface area is 112 Å².